The molecule has 2 aromatic carbocycles. The molecular formula is C19H24FN3O. The van der Waals surface area contributed by atoms with Crippen molar-refractivity contribution in [1.29, 1.82) is 0 Å². The molecule has 128 valence electrons. The van der Waals surface area contributed by atoms with Crippen LogP contribution in [-0.4, -0.2) is 31.4 Å². The van der Waals surface area contributed by atoms with Crippen LogP contribution < -0.4 is 11.1 Å². The zero-order valence-electron chi connectivity index (χ0n) is 14.3. The monoisotopic (exact) mass is 329 g/mol. The van der Waals surface area contributed by atoms with Crippen molar-refractivity contribution < 1.29 is 9.18 Å². The van der Waals surface area contributed by atoms with E-state index in [1.807, 2.05) is 56.3 Å². The van der Waals surface area contributed by atoms with Crippen molar-refractivity contribution in [1.82, 2.24) is 10.2 Å². The maximum absolute atomic E-state index is 13.4. The van der Waals surface area contributed by atoms with E-state index in [0.29, 0.717) is 6.54 Å². The van der Waals surface area contributed by atoms with Crippen molar-refractivity contribution in [2.75, 3.05) is 20.6 Å². The van der Waals surface area contributed by atoms with Crippen molar-refractivity contribution >= 4 is 5.91 Å². The summed E-state index contributed by atoms with van der Waals surface area (Å²) in [5.41, 5.74) is 8.72. The molecular weight excluding hydrogens is 305 g/mol. The van der Waals surface area contributed by atoms with Gasteiger partial charge in [0, 0.05) is 6.54 Å². The zero-order valence-corrected chi connectivity index (χ0v) is 14.3. The van der Waals surface area contributed by atoms with Gasteiger partial charge in [-0.2, -0.15) is 0 Å². The van der Waals surface area contributed by atoms with Gasteiger partial charge in [-0.3, -0.25) is 4.79 Å². The molecule has 2 rings (SSSR count). The lowest BCUT2D eigenvalue weighted by atomic mass is 10.0. The number of nitrogens with zero attached hydrogens (tertiary/aromatic N) is 1. The minimum Gasteiger partial charge on any atom is -0.353 e. The summed E-state index contributed by atoms with van der Waals surface area (Å²) in [6, 6.07) is 13.1. The molecule has 0 aliphatic heterocycles. The number of nitrogens with two attached hydrogens (primary N) is 1. The van der Waals surface area contributed by atoms with E-state index in [9.17, 15) is 9.18 Å². The molecule has 2 unspecified atom stereocenters. The van der Waals surface area contributed by atoms with Crippen LogP contribution in [0.1, 0.15) is 28.8 Å². The summed E-state index contributed by atoms with van der Waals surface area (Å²) in [5, 5.41) is 2.87. The highest BCUT2D eigenvalue weighted by atomic mass is 19.1. The number of amides is 1. The molecule has 0 aliphatic rings. The van der Waals surface area contributed by atoms with Crippen LogP contribution in [0, 0.1) is 12.7 Å². The number of rotatable bonds is 6. The molecule has 0 aromatic heterocycles. The van der Waals surface area contributed by atoms with Gasteiger partial charge in [0.05, 0.1) is 6.04 Å². The van der Waals surface area contributed by atoms with E-state index in [4.69, 9.17) is 5.73 Å². The minimum atomic E-state index is -0.721. The van der Waals surface area contributed by atoms with Crippen molar-refractivity contribution in [3.05, 3.63) is 71.0 Å². The summed E-state index contributed by atoms with van der Waals surface area (Å²) in [6.45, 7) is 2.34. The van der Waals surface area contributed by atoms with Crippen molar-refractivity contribution in [2.24, 2.45) is 5.73 Å². The number of carbonyl (C=O) groups excluding carboxylic acids is 1. The average molecular weight is 329 g/mol. The summed E-state index contributed by atoms with van der Waals surface area (Å²) in [4.78, 5) is 14.3. The van der Waals surface area contributed by atoms with Crippen molar-refractivity contribution in [3.8, 4) is 0 Å². The fourth-order valence-corrected chi connectivity index (χ4v) is 2.54. The fourth-order valence-electron chi connectivity index (χ4n) is 2.54. The molecule has 2 atom stereocenters. The van der Waals surface area contributed by atoms with Crippen LogP contribution >= 0.6 is 0 Å². The van der Waals surface area contributed by atoms with Gasteiger partial charge in [0.1, 0.15) is 11.9 Å². The Labute approximate surface area is 142 Å². The van der Waals surface area contributed by atoms with Gasteiger partial charge < -0.3 is 16.0 Å². The Hall–Kier alpha value is -2.24. The second-order valence-electron chi connectivity index (χ2n) is 6.17. The summed E-state index contributed by atoms with van der Waals surface area (Å²) >= 11 is 0. The van der Waals surface area contributed by atoms with Crippen molar-refractivity contribution in [2.45, 2.75) is 19.0 Å². The predicted octanol–water partition coefficient (Wildman–Crippen LogP) is 2.55. The van der Waals surface area contributed by atoms with E-state index in [1.54, 1.807) is 6.07 Å². The van der Waals surface area contributed by atoms with Gasteiger partial charge in [-0.05, 0) is 44.3 Å². The van der Waals surface area contributed by atoms with Crippen LogP contribution in [0.15, 0.2) is 48.5 Å². The third kappa shape index (κ3) is 4.63. The summed E-state index contributed by atoms with van der Waals surface area (Å²) in [7, 11) is 3.78. The van der Waals surface area contributed by atoms with Crippen LogP contribution in [-0.2, 0) is 4.79 Å². The van der Waals surface area contributed by atoms with Crippen LogP contribution in [0.4, 0.5) is 4.39 Å². The number of hydrogen-bond acceptors (Lipinski definition) is 3. The van der Waals surface area contributed by atoms with Crippen LogP contribution in [0.2, 0.25) is 0 Å². The molecule has 3 N–H and O–H groups in total. The van der Waals surface area contributed by atoms with Crippen LogP contribution in [0.25, 0.3) is 0 Å². The topological polar surface area (TPSA) is 58.4 Å². The molecule has 4 nitrogen and oxygen atoms in total. The van der Waals surface area contributed by atoms with Gasteiger partial charge in [0.25, 0.3) is 0 Å². The number of benzene rings is 2. The number of carbonyl (C=O) groups is 1. The highest BCUT2D eigenvalue weighted by Crippen LogP contribution is 2.19. The van der Waals surface area contributed by atoms with E-state index >= 15 is 0 Å². The van der Waals surface area contributed by atoms with Gasteiger partial charge in [0.2, 0.25) is 5.91 Å². The maximum Gasteiger partial charge on any atom is 0.241 e. The van der Waals surface area contributed by atoms with Gasteiger partial charge in [-0.1, -0.05) is 42.0 Å². The van der Waals surface area contributed by atoms with Gasteiger partial charge in [0.15, 0.2) is 0 Å². The van der Waals surface area contributed by atoms with Crippen LogP contribution in [0.3, 0.4) is 0 Å². The molecule has 2 aromatic rings. The highest BCUT2D eigenvalue weighted by Gasteiger charge is 2.19. The van der Waals surface area contributed by atoms with Crippen molar-refractivity contribution in [3.63, 3.8) is 0 Å². The first kappa shape index (κ1) is 18.1. The largest absolute Gasteiger partial charge is 0.353 e. The van der Waals surface area contributed by atoms with Crippen LogP contribution in [0.5, 0.6) is 0 Å². The van der Waals surface area contributed by atoms with E-state index in [0.717, 1.165) is 16.7 Å². The van der Waals surface area contributed by atoms with Gasteiger partial charge in [-0.15, -0.1) is 0 Å². The maximum atomic E-state index is 13.4. The molecule has 0 aliphatic carbocycles. The molecule has 0 heterocycles. The van der Waals surface area contributed by atoms with Gasteiger partial charge >= 0.3 is 0 Å². The summed E-state index contributed by atoms with van der Waals surface area (Å²) < 4.78 is 13.4. The summed E-state index contributed by atoms with van der Waals surface area (Å²) in [5.74, 6) is -0.538. The number of halogens is 1. The zero-order chi connectivity index (χ0) is 17.7. The lowest BCUT2D eigenvalue weighted by Gasteiger charge is -2.26. The lowest BCUT2D eigenvalue weighted by Crippen LogP contribution is -2.39. The second kappa shape index (κ2) is 8.04. The molecule has 0 saturated heterocycles. The third-order valence-corrected chi connectivity index (χ3v) is 4.05. The number of hydrogen-bond donors (Lipinski definition) is 2. The van der Waals surface area contributed by atoms with E-state index in [-0.39, 0.29) is 17.8 Å². The standard InChI is InChI=1S/C19H24FN3O/c1-13-7-9-14(10-8-13)18(21)19(24)22-12-17(23(2)3)15-5-4-6-16(20)11-15/h4-11,17-18H,12,21H2,1-3H3,(H,22,24). The molecule has 0 fully saturated rings. The molecule has 0 radical (unpaired) electrons. The smallest absolute Gasteiger partial charge is 0.241 e. The molecule has 0 spiro atoms. The Balaban J connectivity index is 2.03. The second-order valence-corrected chi connectivity index (χ2v) is 6.17. The molecule has 1 amide bonds. The average Bonchev–Trinajstić information content (AvgIpc) is 2.54. The van der Waals surface area contributed by atoms with E-state index < -0.39 is 6.04 Å². The van der Waals surface area contributed by atoms with E-state index in [1.165, 1.54) is 12.1 Å². The Morgan fingerprint density at radius 2 is 1.83 bits per heavy atom. The third-order valence-electron chi connectivity index (χ3n) is 4.05. The number of likely N-dealkylation sites (N-methyl/N-ethyl adjacent to an activating group) is 1. The first-order valence-electron chi connectivity index (χ1n) is 7.90. The Bertz CT molecular complexity index is 685. The highest BCUT2D eigenvalue weighted by molar-refractivity contribution is 5.82. The first-order chi connectivity index (χ1) is 11.4. The normalized spacial score (nSPS) is 13.6. The first-order valence-corrected chi connectivity index (χ1v) is 7.90. The van der Waals surface area contributed by atoms with E-state index in [2.05, 4.69) is 5.32 Å². The molecule has 24 heavy (non-hydrogen) atoms. The lowest BCUT2D eigenvalue weighted by molar-refractivity contribution is -0.122. The Morgan fingerprint density at radius 1 is 1.17 bits per heavy atom. The molecule has 0 bridgehead atoms. The Morgan fingerprint density at radius 3 is 2.42 bits per heavy atom. The molecule has 0 saturated carbocycles. The quantitative estimate of drug-likeness (QED) is 0.856. The van der Waals surface area contributed by atoms with Gasteiger partial charge in [-0.25, -0.2) is 4.39 Å². The predicted molar refractivity (Wildman–Crippen MR) is 93.9 cm³/mol. The SMILES string of the molecule is Cc1ccc(C(N)C(=O)NCC(c2cccc(F)c2)N(C)C)cc1. The Kier molecular flexibility index (Phi) is 6.06. The molecule has 5 heteroatoms. The number of aryl methyl sites for hydroxylation is 1. The minimum absolute atomic E-state index is 0.130. The summed E-state index contributed by atoms with van der Waals surface area (Å²) in [6.07, 6.45) is 0. The fraction of sp³-hybridized carbons (Fsp3) is 0.316. The number of nitrogens with one attached hydrogen (secondary N) is 1.